The van der Waals surface area contributed by atoms with Crippen molar-refractivity contribution in [1.82, 2.24) is 10.2 Å². The molecule has 1 aliphatic heterocycles. The molecule has 0 aromatic carbocycles. The summed E-state index contributed by atoms with van der Waals surface area (Å²) in [5.41, 5.74) is 0. The molecule has 0 saturated carbocycles. The SMILES string of the molecule is COCCCN(CCOC)C(=O)CC1CSCCN1. The highest BCUT2D eigenvalue weighted by Crippen LogP contribution is 2.11. The summed E-state index contributed by atoms with van der Waals surface area (Å²) in [6.07, 6.45) is 1.46. The smallest absolute Gasteiger partial charge is 0.224 e. The molecule has 1 rings (SSSR count). The molecule has 112 valence electrons. The quantitative estimate of drug-likeness (QED) is 0.630. The Balaban J connectivity index is 2.35. The van der Waals surface area contributed by atoms with E-state index in [2.05, 4.69) is 5.32 Å². The van der Waals surface area contributed by atoms with E-state index < -0.39 is 0 Å². The van der Waals surface area contributed by atoms with Crippen molar-refractivity contribution in [2.24, 2.45) is 0 Å². The number of carbonyl (C=O) groups excluding carboxylic acids is 1. The Bertz CT molecular complexity index is 248. The zero-order valence-electron chi connectivity index (χ0n) is 12.0. The first-order valence-electron chi connectivity index (χ1n) is 6.84. The average Bonchev–Trinajstić information content (AvgIpc) is 2.43. The van der Waals surface area contributed by atoms with Gasteiger partial charge in [0.2, 0.25) is 5.91 Å². The molecule has 1 N–H and O–H groups in total. The Morgan fingerprint density at radius 1 is 1.32 bits per heavy atom. The number of hydrogen-bond acceptors (Lipinski definition) is 5. The lowest BCUT2D eigenvalue weighted by Crippen LogP contribution is -2.43. The van der Waals surface area contributed by atoms with Crippen molar-refractivity contribution in [3.63, 3.8) is 0 Å². The molecule has 1 fully saturated rings. The first-order valence-corrected chi connectivity index (χ1v) is 8.00. The number of hydrogen-bond donors (Lipinski definition) is 1. The van der Waals surface area contributed by atoms with Crippen LogP contribution in [-0.4, -0.2) is 75.4 Å². The summed E-state index contributed by atoms with van der Waals surface area (Å²) < 4.78 is 10.1. The van der Waals surface area contributed by atoms with Gasteiger partial charge in [-0.05, 0) is 6.42 Å². The van der Waals surface area contributed by atoms with Crippen molar-refractivity contribution < 1.29 is 14.3 Å². The number of methoxy groups -OCH3 is 2. The highest BCUT2D eigenvalue weighted by Gasteiger charge is 2.20. The fourth-order valence-corrected chi connectivity index (χ4v) is 3.00. The van der Waals surface area contributed by atoms with E-state index in [0.717, 1.165) is 31.0 Å². The van der Waals surface area contributed by atoms with Crippen LogP contribution in [0.15, 0.2) is 0 Å². The van der Waals surface area contributed by atoms with Crippen LogP contribution >= 0.6 is 11.8 Å². The van der Waals surface area contributed by atoms with Crippen LogP contribution in [0.25, 0.3) is 0 Å². The Labute approximate surface area is 120 Å². The lowest BCUT2D eigenvalue weighted by atomic mass is 10.2. The van der Waals surface area contributed by atoms with Gasteiger partial charge in [-0.25, -0.2) is 0 Å². The number of rotatable bonds is 9. The summed E-state index contributed by atoms with van der Waals surface area (Å²) in [5, 5.41) is 3.40. The van der Waals surface area contributed by atoms with Crippen LogP contribution in [0.3, 0.4) is 0 Å². The van der Waals surface area contributed by atoms with Crippen molar-refractivity contribution in [2.75, 3.05) is 58.6 Å². The molecule has 6 heteroatoms. The van der Waals surface area contributed by atoms with Crippen molar-refractivity contribution in [2.45, 2.75) is 18.9 Å². The maximum Gasteiger partial charge on any atom is 0.224 e. The molecule has 1 aliphatic rings. The zero-order valence-corrected chi connectivity index (χ0v) is 12.8. The van der Waals surface area contributed by atoms with E-state index in [-0.39, 0.29) is 5.91 Å². The summed E-state index contributed by atoms with van der Waals surface area (Å²) in [4.78, 5) is 14.2. The second-order valence-corrected chi connectivity index (χ2v) is 5.80. The van der Waals surface area contributed by atoms with Crippen molar-refractivity contribution >= 4 is 17.7 Å². The minimum Gasteiger partial charge on any atom is -0.385 e. The van der Waals surface area contributed by atoms with Crippen LogP contribution in [0.4, 0.5) is 0 Å². The fourth-order valence-electron chi connectivity index (χ4n) is 2.05. The predicted octanol–water partition coefficient (Wildman–Crippen LogP) is 0.593. The van der Waals surface area contributed by atoms with Crippen LogP contribution in [0.1, 0.15) is 12.8 Å². The van der Waals surface area contributed by atoms with E-state index >= 15 is 0 Å². The number of thioether (sulfide) groups is 1. The van der Waals surface area contributed by atoms with Gasteiger partial charge in [-0.15, -0.1) is 0 Å². The molecule has 1 atom stereocenters. The van der Waals surface area contributed by atoms with Gasteiger partial charge >= 0.3 is 0 Å². The molecule has 1 saturated heterocycles. The van der Waals surface area contributed by atoms with E-state index in [9.17, 15) is 4.79 Å². The predicted molar refractivity (Wildman–Crippen MR) is 78.7 cm³/mol. The molecular formula is C13H26N2O3S. The maximum atomic E-state index is 12.3. The van der Waals surface area contributed by atoms with Gasteiger partial charge in [0.25, 0.3) is 0 Å². The van der Waals surface area contributed by atoms with Crippen LogP contribution in [0.5, 0.6) is 0 Å². The number of ether oxygens (including phenoxy) is 2. The molecule has 1 amide bonds. The van der Waals surface area contributed by atoms with Gasteiger partial charge in [0.1, 0.15) is 0 Å². The van der Waals surface area contributed by atoms with Gasteiger partial charge in [-0.3, -0.25) is 4.79 Å². The van der Waals surface area contributed by atoms with Gasteiger partial charge in [-0.2, -0.15) is 11.8 Å². The molecule has 1 heterocycles. The molecule has 0 aliphatic carbocycles. The Morgan fingerprint density at radius 3 is 2.74 bits per heavy atom. The van der Waals surface area contributed by atoms with E-state index in [1.165, 1.54) is 0 Å². The number of nitrogens with zero attached hydrogens (tertiary/aromatic N) is 1. The highest BCUT2D eigenvalue weighted by atomic mass is 32.2. The van der Waals surface area contributed by atoms with E-state index in [1.54, 1.807) is 14.2 Å². The van der Waals surface area contributed by atoms with Crippen LogP contribution in [-0.2, 0) is 14.3 Å². The molecule has 0 aromatic heterocycles. The van der Waals surface area contributed by atoms with Crippen LogP contribution < -0.4 is 5.32 Å². The van der Waals surface area contributed by atoms with E-state index in [4.69, 9.17) is 9.47 Å². The third-order valence-corrected chi connectivity index (χ3v) is 4.24. The Hall–Kier alpha value is -0.300. The molecular weight excluding hydrogens is 264 g/mol. The minimum absolute atomic E-state index is 0.216. The Kier molecular flexibility index (Phi) is 9.24. The standard InChI is InChI=1S/C13H26N2O3S/c1-17-7-3-5-15(6-8-18-2)13(16)10-12-11-19-9-4-14-12/h12,14H,3-11H2,1-2H3. The van der Waals surface area contributed by atoms with E-state index in [0.29, 0.717) is 32.2 Å². The number of amides is 1. The van der Waals surface area contributed by atoms with Crippen molar-refractivity contribution in [1.29, 1.82) is 0 Å². The zero-order chi connectivity index (χ0) is 13.9. The summed E-state index contributed by atoms with van der Waals surface area (Å²) in [6.45, 7) is 3.69. The summed E-state index contributed by atoms with van der Waals surface area (Å²) >= 11 is 1.92. The largest absolute Gasteiger partial charge is 0.385 e. The van der Waals surface area contributed by atoms with E-state index in [1.807, 2.05) is 16.7 Å². The second-order valence-electron chi connectivity index (χ2n) is 4.65. The van der Waals surface area contributed by atoms with Gasteiger partial charge in [0.15, 0.2) is 0 Å². The molecule has 5 nitrogen and oxygen atoms in total. The molecule has 0 spiro atoms. The second kappa shape index (κ2) is 10.5. The molecule has 1 unspecified atom stereocenters. The minimum atomic E-state index is 0.216. The van der Waals surface area contributed by atoms with Gasteiger partial charge in [0.05, 0.1) is 6.61 Å². The summed E-state index contributed by atoms with van der Waals surface area (Å²) in [6, 6.07) is 0.318. The summed E-state index contributed by atoms with van der Waals surface area (Å²) in [7, 11) is 3.35. The molecule has 0 aromatic rings. The maximum absolute atomic E-state index is 12.3. The lowest BCUT2D eigenvalue weighted by molar-refractivity contribution is -0.132. The summed E-state index contributed by atoms with van der Waals surface area (Å²) in [5.74, 6) is 2.39. The van der Waals surface area contributed by atoms with Gasteiger partial charge in [0, 0.05) is 64.4 Å². The van der Waals surface area contributed by atoms with Crippen molar-refractivity contribution in [3.05, 3.63) is 0 Å². The first kappa shape index (κ1) is 16.8. The third kappa shape index (κ3) is 7.15. The fraction of sp³-hybridized carbons (Fsp3) is 0.923. The molecule has 19 heavy (non-hydrogen) atoms. The van der Waals surface area contributed by atoms with Crippen molar-refractivity contribution in [3.8, 4) is 0 Å². The lowest BCUT2D eigenvalue weighted by Gasteiger charge is -2.27. The van der Waals surface area contributed by atoms with Crippen LogP contribution in [0.2, 0.25) is 0 Å². The Morgan fingerprint density at radius 2 is 2.11 bits per heavy atom. The monoisotopic (exact) mass is 290 g/mol. The number of carbonyl (C=O) groups is 1. The average molecular weight is 290 g/mol. The third-order valence-electron chi connectivity index (χ3n) is 3.11. The number of nitrogens with one attached hydrogen (secondary N) is 1. The van der Waals surface area contributed by atoms with Crippen LogP contribution in [0, 0.1) is 0 Å². The highest BCUT2D eigenvalue weighted by molar-refractivity contribution is 7.99. The molecule has 0 bridgehead atoms. The normalized spacial score (nSPS) is 19.4. The molecule has 0 radical (unpaired) electrons. The van der Waals surface area contributed by atoms with Gasteiger partial charge < -0.3 is 19.7 Å². The first-order chi connectivity index (χ1) is 9.27. The topological polar surface area (TPSA) is 50.8 Å². The van der Waals surface area contributed by atoms with Gasteiger partial charge in [-0.1, -0.05) is 0 Å².